The van der Waals surface area contributed by atoms with Crippen LogP contribution in [-0.4, -0.2) is 52.8 Å². The predicted molar refractivity (Wildman–Crippen MR) is 121 cm³/mol. The van der Waals surface area contributed by atoms with Gasteiger partial charge < -0.3 is 26.6 Å². The lowest BCUT2D eigenvalue weighted by molar-refractivity contribution is 0.0140. The first-order chi connectivity index (χ1) is 14.9. The van der Waals surface area contributed by atoms with Crippen LogP contribution >= 0.6 is 11.6 Å². The molecular weight excluding hydrogens is 422 g/mol. The van der Waals surface area contributed by atoms with E-state index in [1.54, 1.807) is 0 Å². The number of nitrogens with two attached hydrogens (primary N) is 2. The first-order valence-corrected chi connectivity index (χ1v) is 11.2. The molecule has 1 aromatic heterocycles. The second-order valence-corrected chi connectivity index (χ2v) is 8.19. The minimum atomic E-state index is -0.667. The van der Waals surface area contributed by atoms with Crippen LogP contribution in [-0.2, 0) is 4.74 Å². The highest BCUT2D eigenvalue weighted by Gasteiger charge is 2.21. The number of aromatic nitrogens is 2. The molecule has 0 aliphatic heterocycles. The van der Waals surface area contributed by atoms with Crippen LogP contribution in [0.15, 0.2) is 0 Å². The lowest BCUT2D eigenvalue weighted by atomic mass is 9.84. The number of nitrogen functional groups attached to an aromatic ring is 2. The average Bonchev–Trinajstić information content (AvgIpc) is 2.74. The van der Waals surface area contributed by atoms with Gasteiger partial charge in [0.05, 0.1) is 6.10 Å². The maximum Gasteiger partial charge on any atom is 0.280 e. The summed E-state index contributed by atoms with van der Waals surface area (Å²) in [6, 6.07) is 0. The van der Waals surface area contributed by atoms with Gasteiger partial charge in [0.2, 0.25) is 0 Å². The van der Waals surface area contributed by atoms with Gasteiger partial charge in [0.25, 0.3) is 5.91 Å². The third-order valence-electron chi connectivity index (χ3n) is 5.40. The Morgan fingerprint density at radius 3 is 2.58 bits per heavy atom. The van der Waals surface area contributed by atoms with Gasteiger partial charge in [-0.05, 0) is 50.9 Å². The number of amides is 1. The van der Waals surface area contributed by atoms with E-state index in [-0.39, 0.29) is 35.0 Å². The number of nitrogens with one attached hydrogen (secondary N) is 3. The Balaban J connectivity index is 1.55. The van der Waals surface area contributed by atoms with Gasteiger partial charge in [0, 0.05) is 19.8 Å². The van der Waals surface area contributed by atoms with Crippen molar-refractivity contribution < 1.29 is 14.6 Å². The molecule has 0 aromatic carbocycles. The molecule has 31 heavy (non-hydrogen) atoms. The first-order valence-electron chi connectivity index (χ1n) is 10.9. The molecule has 0 atom stereocenters. The summed E-state index contributed by atoms with van der Waals surface area (Å²) in [7, 11) is 0. The average molecular weight is 456 g/mol. The zero-order valence-corrected chi connectivity index (χ0v) is 18.6. The molecule has 0 radical (unpaired) electrons. The number of hydrogen-bond acceptors (Lipinski definition) is 8. The van der Waals surface area contributed by atoms with E-state index in [1.807, 2.05) is 0 Å². The molecule has 1 fully saturated rings. The molecule has 1 aromatic rings. The fourth-order valence-electron chi connectivity index (χ4n) is 3.65. The highest BCUT2D eigenvalue weighted by Crippen LogP contribution is 2.29. The van der Waals surface area contributed by atoms with Gasteiger partial charge in [-0.1, -0.05) is 24.4 Å². The smallest absolute Gasteiger partial charge is 0.280 e. The van der Waals surface area contributed by atoms with Crippen LogP contribution < -0.4 is 22.1 Å². The molecule has 1 aliphatic rings. The van der Waals surface area contributed by atoms with Gasteiger partial charge in [0.15, 0.2) is 28.4 Å². The third kappa shape index (κ3) is 8.84. The number of ether oxygens (including phenoxy) is 1. The maximum absolute atomic E-state index is 12.2. The van der Waals surface area contributed by atoms with Crippen LogP contribution in [0.4, 0.5) is 11.6 Å². The third-order valence-corrected chi connectivity index (χ3v) is 5.68. The highest BCUT2D eigenvalue weighted by molar-refractivity contribution is 6.31. The minimum Gasteiger partial charge on any atom is -0.396 e. The summed E-state index contributed by atoms with van der Waals surface area (Å²) < 4.78 is 5.88. The molecule has 1 saturated carbocycles. The van der Waals surface area contributed by atoms with E-state index in [2.05, 4.69) is 20.6 Å². The molecule has 11 heteroatoms. The Kier molecular flexibility index (Phi) is 10.8. The zero-order valence-electron chi connectivity index (χ0n) is 17.8. The van der Waals surface area contributed by atoms with E-state index in [0.29, 0.717) is 12.6 Å². The zero-order chi connectivity index (χ0) is 22.6. The Bertz CT molecular complexity index is 727. The number of rotatable bonds is 11. The van der Waals surface area contributed by atoms with Crippen LogP contribution in [0.25, 0.3) is 0 Å². The molecule has 8 N–H and O–H groups in total. The van der Waals surface area contributed by atoms with Crippen LogP contribution in [0.2, 0.25) is 5.15 Å². The fourth-order valence-corrected chi connectivity index (χ4v) is 3.77. The summed E-state index contributed by atoms with van der Waals surface area (Å²) in [5, 5.41) is 21.8. The van der Waals surface area contributed by atoms with Gasteiger partial charge >= 0.3 is 0 Å². The maximum atomic E-state index is 12.2. The summed E-state index contributed by atoms with van der Waals surface area (Å²) in [4.78, 5) is 19.7. The Morgan fingerprint density at radius 1 is 1.13 bits per heavy atom. The summed E-state index contributed by atoms with van der Waals surface area (Å²) in [6.07, 6.45) is 9.84. The van der Waals surface area contributed by atoms with Gasteiger partial charge in [-0.15, -0.1) is 0 Å². The Labute approximate surface area is 188 Å². The van der Waals surface area contributed by atoms with Crippen molar-refractivity contribution in [1.29, 1.82) is 5.41 Å². The molecule has 0 bridgehead atoms. The number of anilines is 2. The van der Waals surface area contributed by atoms with Crippen molar-refractivity contribution in [2.45, 2.75) is 63.9 Å². The molecule has 10 nitrogen and oxygen atoms in total. The second kappa shape index (κ2) is 13.3. The number of hydrogen-bond donors (Lipinski definition) is 6. The monoisotopic (exact) mass is 455 g/mol. The number of carbonyl (C=O) groups is 1. The molecule has 0 saturated heterocycles. The number of aliphatic hydroxyl groups is 1. The number of unbranched alkanes of at least 4 members (excludes halogenated alkanes) is 2. The number of guanidine groups is 1. The minimum absolute atomic E-state index is 0.0528. The van der Waals surface area contributed by atoms with Crippen LogP contribution in [0.1, 0.15) is 68.3 Å². The molecule has 0 spiro atoms. The van der Waals surface area contributed by atoms with Crippen molar-refractivity contribution in [2.75, 3.05) is 31.2 Å². The Morgan fingerprint density at radius 2 is 1.87 bits per heavy atom. The van der Waals surface area contributed by atoms with Crippen molar-refractivity contribution in [3.8, 4) is 0 Å². The molecule has 1 amide bonds. The van der Waals surface area contributed by atoms with Crippen molar-refractivity contribution in [1.82, 2.24) is 20.6 Å². The Hall–Kier alpha value is -2.17. The van der Waals surface area contributed by atoms with Crippen LogP contribution in [0.3, 0.4) is 0 Å². The summed E-state index contributed by atoms with van der Waals surface area (Å²) >= 11 is 5.77. The fraction of sp³-hybridized carbons (Fsp3) is 0.700. The van der Waals surface area contributed by atoms with Gasteiger partial charge in [-0.3, -0.25) is 15.5 Å². The normalized spacial score (nSPS) is 18.5. The van der Waals surface area contributed by atoms with Gasteiger partial charge in [-0.2, -0.15) is 0 Å². The molecule has 0 unspecified atom stereocenters. The number of aliphatic hydroxyl groups excluding tert-OH is 1. The van der Waals surface area contributed by atoms with Crippen LogP contribution in [0, 0.1) is 11.3 Å². The summed E-state index contributed by atoms with van der Waals surface area (Å²) in [6.45, 7) is 1.57. The van der Waals surface area contributed by atoms with E-state index < -0.39 is 5.91 Å². The number of carbonyl (C=O) groups excluding carboxylic acids is 1. The lowest BCUT2D eigenvalue weighted by Crippen LogP contribution is -2.41. The SMILES string of the molecule is N=C(NCCCCC1CCC(OCCCCO)CC1)NC(=O)c1nc(Cl)c(N)nc1N. The molecule has 2 rings (SSSR count). The highest BCUT2D eigenvalue weighted by atomic mass is 35.5. The second-order valence-electron chi connectivity index (χ2n) is 7.83. The number of nitrogens with zero attached hydrogens (tertiary/aromatic N) is 2. The summed E-state index contributed by atoms with van der Waals surface area (Å²) in [5.74, 6) is -0.258. The van der Waals surface area contributed by atoms with E-state index in [4.69, 9.17) is 38.3 Å². The van der Waals surface area contributed by atoms with Crippen molar-refractivity contribution in [3.63, 3.8) is 0 Å². The number of halogens is 1. The van der Waals surface area contributed by atoms with E-state index in [9.17, 15) is 4.79 Å². The van der Waals surface area contributed by atoms with Gasteiger partial charge in [-0.25, -0.2) is 9.97 Å². The standard InChI is InChI=1S/C20H34ClN7O3/c21-16-18(23)27-17(22)15(26-16)19(30)28-20(24)25-10-2-1-5-13-6-8-14(9-7-13)31-12-4-3-11-29/h13-14,29H,1-12H2,(H4,22,23,27)(H3,24,25,28,30). The van der Waals surface area contributed by atoms with Crippen molar-refractivity contribution in [3.05, 3.63) is 10.8 Å². The van der Waals surface area contributed by atoms with Crippen molar-refractivity contribution in [2.24, 2.45) is 5.92 Å². The van der Waals surface area contributed by atoms with Crippen LogP contribution in [0.5, 0.6) is 0 Å². The predicted octanol–water partition coefficient (Wildman–Crippen LogP) is 2.07. The van der Waals surface area contributed by atoms with Crippen molar-refractivity contribution >= 4 is 35.1 Å². The quantitative estimate of drug-likeness (QED) is 0.167. The van der Waals surface area contributed by atoms with E-state index in [1.165, 1.54) is 12.8 Å². The molecule has 1 aliphatic carbocycles. The van der Waals surface area contributed by atoms with Gasteiger partial charge in [0.1, 0.15) is 0 Å². The largest absolute Gasteiger partial charge is 0.396 e. The lowest BCUT2D eigenvalue weighted by Gasteiger charge is -2.28. The van der Waals surface area contributed by atoms with E-state index in [0.717, 1.165) is 57.5 Å². The molecule has 1 heterocycles. The summed E-state index contributed by atoms with van der Waals surface area (Å²) in [5.41, 5.74) is 11.0. The first kappa shape index (κ1) is 25.1. The molecular formula is C20H34ClN7O3. The molecule has 174 valence electrons. The topological polar surface area (TPSA) is 172 Å². The van der Waals surface area contributed by atoms with E-state index >= 15 is 0 Å².